The highest BCUT2D eigenvalue weighted by molar-refractivity contribution is 7.86. The van der Waals surface area contributed by atoms with E-state index in [1.807, 2.05) is 6.92 Å². The molecule has 2 atom stereocenters. The maximum absolute atomic E-state index is 12.5. The average molecular weight is 314 g/mol. The molecule has 2 aliphatic heterocycles. The van der Waals surface area contributed by atoms with Crippen LogP contribution < -0.4 is 5.73 Å². The highest BCUT2D eigenvalue weighted by Crippen LogP contribution is 2.23. The monoisotopic (exact) mass is 313 g/mol. The maximum Gasteiger partial charge on any atom is 0.282 e. The molecule has 2 heterocycles. The molecule has 0 aromatic carbocycles. The molecule has 0 aromatic rings. The fourth-order valence-electron chi connectivity index (χ4n) is 2.55. The lowest BCUT2D eigenvalue weighted by atomic mass is 9.93. The first kappa shape index (κ1) is 17.1. The first-order valence-electron chi connectivity index (χ1n) is 6.60. The lowest BCUT2D eigenvalue weighted by Gasteiger charge is -2.37. The van der Waals surface area contributed by atoms with E-state index >= 15 is 0 Å². The van der Waals surface area contributed by atoms with Crippen molar-refractivity contribution in [3.63, 3.8) is 0 Å². The van der Waals surface area contributed by atoms with Crippen molar-refractivity contribution in [2.45, 2.75) is 25.8 Å². The number of hydrogen-bond donors (Lipinski definition) is 1. The van der Waals surface area contributed by atoms with Crippen molar-refractivity contribution in [2.75, 3.05) is 39.4 Å². The van der Waals surface area contributed by atoms with E-state index in [2.05, 4.69) is 0 Å². The SMILES string of the molecule is CC(N)C1CCCN(S(=O)(=O)N2CCOCC2)C1.Cl. The molecule has 2 unspecified atom stereocenters. The molecular formula is C11H24ClN3O3S. The van der Waals surface area contributed by atoms with Crippen LogP contribution in [0.25, 0.3) is 0 Å². The van der Waals surface area contributed by atoms with Gasteiger partial charge in [0.2, 0.25) is 0 Å². The quantitative estimate of drug-likeness (QED) is 0.798. The Kier molecular flexibility index (Phi) is 6.49. The van der Waals surface area contributed by atoms with Crippen LogP contribution in [0, 0.1) is 5.92 Å². The van der Waals surface area contributed by atoms with Gasteiger partial charge < -0.3 is 10.5 Å². The third-order valence-electron chi connectivity index (χ3n) is 3.79. The highest BCUT2D eigenvalue weighted by atomic mass is 35.5. The first-order chi connectivity index (χ1) is 8.51. The Morgan fingerprint density at radius 3 is 2.42 bits per heavy atom. The molecule has 0 aromatic heterocycles. The molecule has 0 aliphatic carbocycles. The predicted octanol–water partition coefficient (Wildman–Crippen LogP) is 0.0444. The molecule has 2 N–H and O–H groups in total. The summed E-state index contributed by atoms with van der Waals surface area (Å²) >= 11 is 0. The van der Waals surface area contributed by atoms with E-state index in [9.17, 15) is 8.42 Å². The number of ether oxygens (including phenoxy) is 1. The van der Waals surface area contributed by atoms with Gasteiger partial charge in [-0.3, -0.25) is 0 Å². The molecule has 2 aliphatic rings. The van der Waals surface area contributed by atoms with Crippen molar-refractivity contribution >= 4 is 22.6 Å². The van der Waals surface area contributed by atoms with E-state index < -0.39 is 10.2 Å². The average Bonchev–Trinajstić information content (AvgIpc) is 2.40. The molecule has 0 bridgehead atoms. The molecule has 0 radical (unpaired) electrons. The van der Waals surface area contributed by atoms with Crippen LogP contribution in [0.2, 0.25) is 0 Å². The third-order valence-corrected chi connectivity index (χ3v) is 5.79. The summed E-state index contributed by atoms with van der Waals surface area (Å²) < 4.78 is 33.2. The zero-order valence-corrected chi connectivity index (χ0v) is 13.0. The van der Waals surface area contributed by atoms with Gasteiger partial charge in [-0.2, -0.15) is 17.0 Å². The summed E-state index contributed by atoms with van der Waals surface area (Å²) in [5, 5.41) is 0. The summed E-state index contributed by atoms with van der Waals surface area (Å²) in [5.74, 6) is 0.273. The van der Waals surface area contributed by atoms with Crippen LogP contribution in [0.5, 0.6) is 0 Å². The molecule has 19 heavy (non-hydrogen) atoms. The third kappa shape index (κ3) is 4.03. The second-order valence-corrected chi connectivity index (χ2v) is 7.07. The largest absolute Gasteiger partial charge is 0.379 e. The summed E-state index contributed by atoms with van der Waals surface area (Å²) in [5.41, 5.74) is 5.90. The molecule has 2 rings (SSSR count). The smallest absolute Gasteiger partial charge is 0.282 e. The van der Waals surface area contributed by atoms with Crippen molar-refractivity contribution in [3.8, 4) is 0 Å². The van der Waals surface area contributed by atoms with Crippen LogP contribution in [0.1, 0.15) is 19.8 Å². The van der Waals surface area contributed by atoms with Gasteiger partial charge in [0, 0.05) is 32.2 Å². The van der Waals surface area contributed by atoms with Gasteiger partial charge in [-0.15, -0.1) is 12.4 Å². The second-order valence-electron chi connectivity index (χ2n) is 5.14. The molecule has 0 saturated carbocycles. The Morgan fingerprint density at radius 1 is 1.21 bits per heavy atom. The van der Waals surface area contributed by atoms with Gasteiger partial charge in [0.1, 0.15) is 0 Å². The fraction of sp³-hybridized carbons (Fsp3) is 1.00. The Balaban J connectivity index is 0.00000180. The number of nitrogens with two attached hydrogens (primary N) is 1. The normalized spacial score (nSPS) is 28.6. The van der Waals surface area contributed by atoms with Crippen molar-refractivity contribution < 1.29 is 13.2 Å². The zero-order valence-electron chi connectivity index (χ0n) is 11.3. The van der Waals surface area contributed by atoms with Crippen molar-refractivity contribution in [3.05, 3.63) is 0 Å². The molecule has 2 fully saturated rings. The van der Waals surface area contributed by atoms with Gasteiger partial charge in [0.25, 0.3) is 10.2 Å². The van der Waals surface area contributed by atoms with Crippen molar-refractivity contribution in [2.24, 2.45) is 11.7 Å². The maximum atomic E-state index is 12.5. The summed E-state index contributed by atoms with van der Waals surface area (Å²) in [6.07, 6.45) is 1.92. The minimum atomic E-state index is -3.32. The number of hydrogen-bond acceptors (Lipinski definition) is 4. The zero-order chi connectivity index (χ0) is 13.2. The van der Waals surface area contributed by atoms with Crippen LogP contribution in [0.3, 0.4) is 0 Å². The fourth-order valence-corrected chi connectivity index (χ4v) is 4.23. The number of nitrogens with zero attached hydrogens (tertiary/aromatic N) is 2. The summed E-state index contributed by atoms with van der Waals surface area (Å²) in [7, 11) is -3.32. The Labute approximate surface area is 121 Å². The van der Waals surface area contributed by atoms with E-state index in [-0.39, 0.29) is 24.4 Å². The van der Waals surface area contributed by atoms with Crippen molar-refractivity contribution in [1.82, 2.24) is 8.61 Å². The molecule has 0 spiro atoms. The van der Waals surface area contributed by atoms with Crippen LogP contribution in [0.4, 0.5) is 0 Å². The molecular weight excluding hydrogens is 290 g/mol. The van der Waals surface area contributed by atoms with Crippen LogP contribution in [-0.2, 0) is 14.9 Å². The first-order valence-corrected chi connectivity index (χ1v) is 8.00. The molecule has 8 heteroatoms. The topological polar surface area (TPSA) is 75.9 Å². The predicted molar refractivity (Wildman–Crippen MR) is 76.5 cm³/mol. The van der Waals surface area contributed by atoms with E-state index in [0.717, 1.165) is 12.8 Å². The number of halogens is 1. The molecule has 0 amide bonds. The Morgan fingerprint density at radius 2 is 1.84 bits per heavy atom. The molecule has 114 valence electrons. The number of piperidine rings is 1. The molecule has 2 saturated heterocycles. The van der Waals surface area contributed by atoms with Gasteiger partial charge in [-0.1, -0.05) is 0 Å². The highest BCUT2D eigenvalue weighted by Gasteiger charge is 2.35. The van der Waals surface area contributed by atoms with Gasteiger partial charge >= 0.3 is 0 Å². The minimum absolute atomic E-state index is 0. The van der Waals surface area contributed by atoms with Gasteiger partial charge in [0.05, 0.1) is 13.2 Å². The van der Waals surface area contributed by atoms with E-state index in [0.29, 0.717) is 39.4 Å². The van der Waals surface area contributed by atoms with E-state index in [1.165, 1.54) is 4.31 Å². The van der Waals surface area contributed by atoms with Crippen LogP contribution in [-0.4, -0.2) is 62.5 Å². The summed E-state index contributed by atoms with van der Waals surface area (Å²) in [6.45, 7) is 5.02. The minimum Gasteiger partial charge on any atom is -0.379 e. The summed E-state index contributed by atoms with van der Waals surface area (Å²) in [4.78, 5) is 0. The van der Waals surface area contributed by atoms with Gasteiger partial charge in [-0.05, 0) is 25.7 Å². The standard InChI is InChI=1S/C11H23N3O3S.ClH/c1-10(12)11-3-2-4-14(9-11)18(15,16)13-5-7-17-8-6-13;/h10-11H,2-9,12H2,1H3;1H. The van der Waals surface area contributed by atoms with Crippen LogP contribution in [0.15, 0.2) is 0 Å². The van der Waals surface area contributed by atoms with E-state index in [1.54, 1.807) is 4.31 Å². The Hall–Kier alpha value is 0.0800. The van der Waals surface area contributed by atoms with Crippen molar-refractivity contribution in [1.29, 1.82) is 0 Å². The lowest BCUT2D eigenvalue weighted by Crippen LogP contribution is -2.52. The van der Waals surface area contributed by atoms with E-state index in [4.69, 9.17) is 10.5 Å². The lowest BCUT2D eigenvalue weighted by molar-refractivity contribution is 0.0689. The number of morpholine rings is 1. The molecule has 6 nitrogen and oxygen atoms in total. The Bertz CT molecular complexity index is 371. The van der Waals surface area contributed by atoms with Gasteiger partial charge in [-0.25, -0.2) is 0 Å². The second kappa shape index (κ2) is 7.19. The summed E-state index contributed by atoms with van der Waals surface area (Å²) in [6, 6.07) is 0.0488. The number of rotatable bonds is 3. The van der Waals surface area contributed by atoms with Crippen LogP contribution >= 0.6 is 12.4 Å². The van der Waals surface area contributed by atoms with Gasteiger partial charge in [0.15, 0.2) is 0 Å².